The molecule has 1 aliphatic heterocycles. The molecule has 1 heterocycles. The molecule has 0 fully saturated rings. The molecule has 96 valence electrons. The van der Waals surface area contributed by atoms with Crippen LogP contribution >= 0.6 is 23.4 Å². The van der Waals surface area contributed by atoms with E-state index in [2.05, 4.69) is 11.1 Å². The molecular formula is C13H16ClNOSSi. The van der Waals surface area contributed by atoms with Crippen LogP contribution in [0.3, 0.4) is 0 Å². The van der Waals surface area contributed by atoms with E-state index in [-0.39, 0.29) is 16.5 Å². The van der Waals surface area contributed by atoms with Gasteiger partial charge in [-0.2, -0.15) is 0 Å². The van der Waals surface area contributed by atoms with Gasteiger partial charge in [0.1, 0.15) is 0 Å². The van der Waals surface area contributed by atoms with Crippen LogP contribution in [0, 0.1) is 0 Å². The van der Waals surface area contributed by atoms with Gasteiger partial charge in [0.2, 0.25) is 0 Å². The van der Waals surface area contributed by atoms with Gasteiger partial charge in [-0.25, -0.2) is 0 Å². The normalized spacial score (nSPS) is 17.7. The Morgan fingerprint density at radius 1 is 1.33 bits per heavy atom. The molecule has 0 N–H and O–H groups in total. The Hall–Kier alpha value is -0.293. The van der Waals surface area contributed by atoms with Gasteiger partial charge in [0, 0.05) is 28.0 Å². The van der Waals surface area contributed by atoms with E-state index in [1.165, 1.54) is 5.56 Å². The van der Waals surface area contributed by atoms with Gasteiger partial charge in [-0.1, -0.05) is 29.8 Å². The number of nitrogens with zero attached hydrogens (tertiary/aromatic N) is 1. The summed E-state index contributed by atoms with van der Waals surface area (Å²) in [7, 11) is 0. The largest absolute Gasteiger partial charge is 0.347 e. The molecule has 0 saturated heterocycles. The van der Waals surface area contributed by atoms with Crippen LogP contribution in [-0.4, -0.2) is 35.1 Å². The summed E-state index contributed by atoms with van der Waals surface area (Å²) in [5.74, 6) is 0.976. The second kappa shape index (κ2) is 8.75. The summed E-state index contributed by atoms with van der Waals surface area (Å²) in [4.78, 5) is 4.20. The predicted molar refractivity (Wildman–Crippen MR) is 80.8 cm³/mol. The van der Waals surface area contributed by atoms with Crippen molar-refractivity contribution in [2.24, 2.45) is 4.99 Å². The molecule has 1 aromatic carbocycles. The van der Waals surface area contributed by atoms with Crippen LogP contribution in [0.2, 0.25) is 5.02 Å². The molecule has 0 saturated carbocycles. The lowest BCUT2D eigenvalue weighted by Crippen LogP contribution is -2.04. The maximum Gasteiger partial charge on any atom is 0.196 e. The van der Waals surface area contributed by atoms with E-state index in [9.17, 15) is 0 Å². The molecule has 0 aliphatic carbocycles. The number of aliphatic imine (C=N–C) groups is 1. The number of unbranched alkanes of at least 4 members (excludes halogenated alkanes) is 1. The van der Waals surface area contributed by atoms with Gasteiger partial charge < -0.3 is 4.74 Å². The molecule has 2 nitrogen and oxygen atoms in total. The molecule has 0 aromatic heterocycles. The summed E-state index contributed by atoms with van der Waals surface area (Å²) < 4.78 is 5.60. The van der Waals surface area contributed by atoms with E-state index < -0.39 is 0 Å². The van der Waals surface area contributed by atoms with E-state index in [0.29, 0.717) is 0 Å². The van der Waals surface area contributed by atoms with Crippen LogP contribution in [0.15, 0.2) is 29.3 Å². The SMILES string of the molecule is Clc1ccccc1CCCCOC1N=CCS1.[Si]. The fourth-order valence-corrected chi connectivity index (χ4v) is 2.62. The Balaban J connectivity index is 0.00000162. The maximum atomic E-state index is 6.09. The average Bonchev–Trinajstić information content (AvgIpc) is 2.84. The second-order valence-electron chi connectivity index (χ2n) is 3.89. The molecule has 0 spiro atoms. The third-order valence-electron chi connectivity index (χ3n) is 2.60. The number of aryl methyl sites for hydroxylation is 1. The molecule has 0 amide bonds. The first kappa shape index (κ1) is 15.8. The molecule has 2 rings (SSSR count). The Morgan fingerprint density at radius 3 is 2.89 bits per heavy atom. The van der Waals surface area contributed by atoms with Crippen molar-refractivity contribution in [2.45, 2.75) is 24.8 Å². The summed E-state index contributed by atoms with van der Waals surface area (Å²) in [5.41, 5.74) is 1.26. The van der Waals surface area contributed by atoms with E-state index in [0.717, 1.165) is 36.6 Å². The molecule has 1 atom stereocenters. The van der Waals surface area contributed by atoms with E-state index in [4.69, 9.17) is 16.3 Å². The first-order chi connectivity index (χ1) is 8.36. The van der Waals surface area contributed by atoms with Crippen LogP contribution in [0.25, 0.3) is 0 Å². The van der Waals surface area contributed by atoms with Crippen LogP contribution in [0.5, 0.6) is 0 Å². The summed E-state index contributed by atoms with van der Waals surface area (Å²) >= 11 is 7.82. The van der Waals surface area contributed by atoms with Crippen molar-refractivity contribution >= 4 is 40.5 Å². The van der Waals surface area contributed by atoms with Gasteiger partial charge in [-0.05, 0) is 30.9 Å². The van der Waals surface area contributed by atoms with Crippen LogP contribution < -0.4 is 0 Å². The summed E-state index contributed by atoms with van der Waals surface area (Å²) in [6, 6.07) is 8.02. The van der Waals surface area contributed by atoms with Crippen LogP contribution in [0.1, 0.15) is 18.4 Å². The van der Waals surface area contributed by atoms with Crippen molar-refractivity contribution in [3.63, 3.8) is 0 Å². The zero-order valence-electron chi connectivity index (χ0n) is 10.1. The summed E-state index contributed by atoms with van der Waals surface area (Å²) in [6.45, 7) is 0.777. The smallest absolute Gasteiger partial charge is 0.196 e. The second-order valence-corrected chi connectivity index (χ2v) is 5.37. The highest BCUT2D eigenvalue weighted by Crippen LogP contribution is 2.19. The van der Waals surface area contributed by atoms with E-state index in [1.54, 1.807) is 11.8 Å². The van der Waals surface area contributed by atoms with Crippen molar-refractivity contribution in [3.05, 3.63) is 34.9 Å². The Kier molecular flexibility index (Phi) is 7.66. The molecule has 18 heavy (non-hydrogen) atoms. The molecule has 4 radical (unpaired) electrons. The molecular weight excluding hydrogens is 282 g/mol. The zero-order chi connectivity index (χ0) is 11.9. The number of benzene rings is 1. The van der Waals surface area contributed by atoms with Gasteiger partial charge in [0.05, 0.1) is 6.61 Å². The lowest BCUT2D eigenvalue weighted by molar-refractivity contribution is 0.116. The number of rotatable bonds is 6. The molecule has 1 aliphatic rings. The number of thioether (sulfide) groups is 1. The van der Waals surface area contributed by atoms with Crippen LogP contribution in [0.4, 0.5) is 0 Å². The average molecular weight is 298 g/mol. The lowest BCUT2D eigenvalue weighted by Gasteiger charge is -2.08. The first-order valence-corrected chi connectivity index (χ1v) is 7.27. The number of ether oxygens (including phenoxy) is 1. The Morgan fingerprint density at radius 2 is 2.17 bits per heavy atom. The van der Waals surface area contributed by atoms with Crippen molar-refractivity contribution in [3.8, 4) is 0 Å². The van der Waals surface area contributed by atoms with Gasteiger partial charge in [-0.15, -0.1) is 11.8 Å². The van der Waals surface area contributed by atoms with Gasteiger partial charge in [0.15, 0.2) is 5.56 Å². The minimum absolute atomic E-state index is 0. The molecule has 1 aromatic rings. The first-order valence-electron chi connectivity index (χ1n) is 5.84. The van der Waals surface area contributed by atoms with Gasteiger partial charge in [0.25, 0.3) is 0 Å². The monoisotopic (exact) mass is 297 g/mol. The Labute approximate surface area is 122 Å². The summed E-state index contributed by atoms with van der Waals surface area (Å²) in [5, 5.41) is 0.865. The Bertz CT molecular complexity index is 389. The van der Waals surface area contributed by atoms with Gasteiger partial charge >= 0.3 is 0 Å². The highest BCUT2D eigenvalue weighted by molar-refractivity contribution is 8.00. The topological polar surface area (TPSA) is 21.6 Å². The van der Waals surface area contributed by atoms with Crippen LogP contribution in [-0.2, 0) is 11.2 Å². The fourth-order valence-electron chi connectivity index (χ4n) is 1.69. The minimum Gasteiger partial charge on any atom is -0.347 e. The number of hydrogen-bond donors (Lipinski definition) is 0. The van der Waals surface area contributed by atoms with Crippen molar-refractivity contribution in [1.82, 2.24) is 0 Å². The highest BCUT2D eigenvalue weighted by Gasteiger charge is 2.10. The third-order valence-corrected chi connectivity index (χ3v) is 3.85. The lowest BCUT2D eigenvalue weighted by atomic mass is 10.1. The molecule has 5 heteroatoms. The standard InChI is InChI=1S/C13H16ClNOS.Si/c14-12-7-2-1-5-11(12)6-3-4-9-16-13-15-8-10-17-13;/h1-2,5,7-8,13H,3-4,6,9-10H2;. The number of hydrogen-bond acceptors (Lipinski definition) is 3. The molecule has 0 bridgehead atoms. The maximum absolute atomic E-state index is 6.09. The van der Waals surface area contributed by atoms with Gasteiger partial charge in [-0.3, -0.25) is 4.99 Å². The van der Waals surface area contributed by atoms with E-state index in [1.807, 2.05) is 24.4 Å². The number of halogens is 1. The summed E-state index contributed by atoms with van der Waals surface area (Å²) in [6.07, 6.45) is 5.09. The predicted octanol–water partition coefficient (Wildman–Crippen LogP) is 3.40. The third kappa shape index (κ3) is 5.14. The molecule has 1 unspecified atom stereocenters. The fraction of sp³-hybridized carbons (Fsp3) is 0.462. The zero-order valence-corrected chi connectivity index (χ0v) is 12.7. The highest BCUT2D eigenvalue weighted by atomic mass is 35.5. The minimum atomic E-state index is 0. The quantitative estimate of drug-likeness (QED) is 0.593. The van der Waals surface area contributed by atoms with Crippen molar-refractivity contribution in [1.29, 1.82) is 0 Å². The van der Waals surface area contributed by atoms with Crippen molar-refractivity contribution < 1.29 is 4.74 Å². The van der Waals surface area contributed by atoms with E-state index >= 15 is 0 Å². The van der Waals surface area contributed by atoms with Crippen molar-refractivity contribution in [2.75, 3.05) is 12.4 Å².